The molecule has 134 valence electrons. The number of aliphatic carboxylic acids is 1. The van der Waals surface area contributed by atoms with E-state index >= 15 is 0 Å². The molecule has 0 saturated carbocycles. The smallest absolute Gasteiger partial charge is 0.314 e. The number of carboxylic acids is 1. The largest absolute Gasteiger partial charge is 0.481 e. The molecule has 1 aromatic heterocycles. The van der Waals surface area contributed by atoms with Crippen LogP contribution in [-0.4, -0.2) is 58.0 Å². The second-order valence-electron chi connectivity index (χ2n) is 6.94. The first kappa shape index (κ1) is 17.4. The maximum Gasteiger partial charge on any atom is 0.314 e. The molecule has 0 bridgehead atoms. The molecule has 1 N–H and O–H groups in total. The summed E-state index contributed by atoms with van der Waals surface area (Å²) in [5.41, 5.74) is -0.223. The van der Waals surface area contributed by atoms with Crippen LogP contribution < -0.4 is 4.90 Å². The molecule has 7 heteroatoms. The van der Waals surface area contributed by atoms with Gasteiger partial charge in [0.05, 0.1) is 5.92 Å². The van der Waals surface area contributed by atoms with Crippen LogP contribution in [0.2, 0.25) is 0 Å². The highest BCUT2D eigenvalue weighted by Gasteiger charge is 2.62. The molecule has 3 rings (SSSR count). The van der Waals surface area contributed by atoms with Crippen molar-refractivity contribution in [3.05, 3.63) is 30.2 Å². The SMILES string of the molecule is C=CCN1CC2(C(=O)O)CN(c3cc(C)nc(CCC)n3)CC2C1=O. The van der Waals surface area contributed by atoms with E-state index in [2.05, 4.69) is 23.5 Å². The summed E-state index contributed by atoms with van der Waals surface area (Å²) < 4.78 is 0. The van der Waals surface area contributed by atoms with Gasteiger partial charge in [0.25, 0.3) is 0 Å². The van der Waals surface area contributed by atoms with Gasteiger partial charge < -0.3 is 14.9 Å². The molecule has 3 heterocycles. The first-order valence-electron chi connectivity index (χ1n) is 8.64. The lowest BCUT2D eigenvalue weighted by molar-refractivity contribution is -0.149. The number of amides is 1. The summed E-state index contributed by atoms with van der Waals surface area (Å²) in [6, 6.07) is 1.86. The van der Waals surface area contributed by atoms with E-state index < -0.39 is 17.3 Å². The number of carboxylic acid groups (broad SMARTS) is 1. The molecule has 1 amide bonds. The molecule has 25 heavy (non-hydrogen) atoms. The predicted octanol–water partition coefficient (Wildman–Crippen LogP) is 1.27. The van der Waals surface area contributed by atoms with Gasteiger partial charge in [-0.3, -0.25) is 9.59 Å². The fraction of sp³-hybridized carbons (Fsp3) is 0.556. The lowest BCUT2D eigenvalue weighted by Gasteiger charge is -2.25. The highest BCUT2D eigenvalue weighted by molar-refractivity contribution is 5.93. The van der Waals surface area contributed by atoms with Gasteiger partial charge in [-0.15, -0.1) is 6.58 Å². The van der Waals surface area contributed by atoms with E-state index in [1.165, 1.54) is 0 Å². The Bertz CT molecular complexity index is 720. The third-order valence-electron chi connectivity index (χ3n) is 5.09. The summed E-state index contributed by atoms with van der Waals surface area (Å²) in [5.74, 6) is -0.0914. The Hall–Kier alpha value is -2.44. The molecule has 1 aromatic rings. The summed E-state index contributed by atoms with van der Waals surface area (Å²) in [5, 5.41) is 9.87. The Morgan fingerprint density at radius 3 is 2.84 bits per heavy atom. The summed E-state index contributed by atoms with van der Waals surface area (Å²) in [4.78, 5) is 37.2. The van der Waals surface area contributed by atoms with Crippen molar-refractivity contribution in [3.8, 4) is 0 Å². The van der Waals surface area contributed by atoms with Crippen LogP contribution in [0.15, 0.2) is 18.7 Å². The fourth-order valence-corrected chi connectivity index (χ4v) is 3.90. The summed E-state index contributed by atoms with van der Waals surface area (Å²) in [6.45, 7) is 8.90. The van der Waals surface area contributed by atoms with Crippen molar-refractivity contribution in [1.29, 1.82) is 0 Å². The average molecular weight is 344 g/mol. The number of anilines is 1. The second kappa shape index (κ2) is 6.46. The van der Waals surface area contributed by atoms with Crippen molar-refractivity contribution in [3.63, 3.8) is 0 Å². The average Bonchev–Trinajstić information content (AvgIpc) is 3.05. The number of hydrogen-bond acceptors (Lipinski definition) is 5. The zero-order valence-electron chi connectivity index (χ0n) is 14.7. The predicted molar refractivity (Wildman–Crippen MR) is 93.3 cm³/mol. The molecule has 7 nitrogen and oxygen atoms in total. The second-order valence-corrected chi connectivity index (χ2v) is 6.94. The minimum atomic E-state index is -1.08. The van der Waals surface area contributed by atoms with Gasteiger partial charge in [0.2, 0.25) is 5.91 Å². The van der Waals surface area contributed by atoms with Gasteiger partial charge in [-0.2, -0.15) is 0 Å². The van der Waals surface area contributed by atoms with Gasteiger partial charge >= 0.3 is 5.97 Å². The molecule has 2 fully saturated rings. The third-order valence-corrected chi connectivity index (χ3v) is 5.09. The Morgan fingerprint density at radius 2 is 2.24 bits per heavy atom. The molecule has 2 aliphatic rings. The zero-order valence-corrected chi connectivity index (χ0v) is 14.7. The zero-order chi connectivity index (χ0) is 18.2. The highest BCUT2D eigenvalue weighted by atomic mass is 16.4. The highest BCUT2D eigenvalue weighted by Crippen LogP contribution is 2.44. The maximum absolute atomic E-state index is 12.7. The molecular formula is C18H24N4O3. The first-order valence-corrected chi connectivity index (χ1v) is 8.64. The molecule has 0 radical (unpaired) electrons. The van der Waals surface area contributed by atoms with Crippen LogP contribution in [-0.2, 0) is 16.0 Å². The van der Waals surface area contributed by atoms with E-state index in [4.69, 9.17) is 0 Å². The maximum atomic E-state index is 12.7. The topological polar surface area (TPSA) is 86.6 Å². The number of nitrogens with zero attached hydrogens (tertiary/aromatic N) is 4. The van der Waals surface area contributed by atoms with E-state index in [0.717, 1.165) is 24.4 Å². The third kappa shape index (κ3) is 2.88. The lowest BCUT2D eigenvalue weighted by Crippen LogP contribution is -2.41. The summed E-state index contributed by atoms with van der Waals surface area (Å²) in [6.07, 6.45) is 3.36. The molecule has 2 aliphatic heterocycles. The number of carbonyl (C=O) groups is 2. The van der Waals surface area contributed by atoms with Crippen LogP contribution >= 0.6 is 0 Å². The minimum absolute atomic E-state index is 0.107. The fourth-order valence-electron chi connectivity index (χ4n) is 3.90. The number of fused-ring (bicyclic) bond motifs is 1. The van der Waals surface area contributed by atoms with Crippen LogP contribution in [0.3, 0.4) is 0 Å². The van der Waals surface area contributed by atoms with Crippen molar-refractivity contribution in [2.45, 2.75) is 26.7 Å². The van der Waals surface area contributed by atoms with Crippen LogP contribution in [0.1, 0.15) is 24.9 Å². The molecule has 0 spiro atoms. The standard InChI is InChI=1S/C18H24N4O3/c1-4-6-14-19-12(3)8-15(20-14)22-9-13-16(23)21(7-5-2)10-18(13,11-22)17(24)25/h5,8,13H,2,4,6-7,9-11H2,1,3H3,(H,24,25). The molecular weight excluding hydrogens is 320 g/mol. The van der Waals surface area contributed by atoms with Crippen LogP contribution in [0.25, 0.3) is 0 Å². The van der Waals surface area contributed by atoms with E-state index in [0.29, 0.717) is 18.9 Å². The van der Waals surface area contributed by atoms with Gasteiger partial charge in [0.1, 0.15) is 17.1 Å². The van der Waals surface area contributed by atoms with E-state index in [-0.39, 0.29) is 19.0 Å². The molecule has 2 saturated heterocycles. The van der Waals surface area contributed by atoms with Crippen molar-refractivity contribution < 1.29 is 14.7 Å². The monoisotopic (exact) mass is 344 g/mol. The minimum Gasteiger partial charge on any atom is -0.481 e. The number of rotatable bonds is 6. The van der Waals surface area contributed by atoms with Gasteiger partial charge in [0.15, 0.2) is 0 Å². The van der Waals surface area contributed by atoms with Crippen molar-refractivity contribution in [2.75, 3.05) is 31.1 Å². The molecule has 2 atom stereocenters. The Morgan fingerprint density at radius 1 is 1.48 bits per heavy atom. The van der Waals surface area contributed by atoms with Crippen molar-refractivity contribution in [2.24, 2.45) is 11.3 Å². The Labute approximate surface area is 147 Å². The van der Waals surface area contributed by atoms with Gasteiger partial charge in [-0.1, -0.05) is 13.0 Å². The van der Waals surface area contributed by atoms with Crippen molar-refractivity contribution in [1.82, 2.24) is 14.9 Å². The van der Waals surface area contributed by atoms with E-state index in [1.807, 2.05) is 17.9 Å². The van der Waals surface area contributed by atoms with Gasteiger partial charge in [-0.05, 0) is 13.3 Å². The summed E-state index contributed by atoms with van der Waals surface area (Å²) >= 11 is 0. The van der Waals surface area contributed by atoms with Gasteiger partial charge in [-0.25, -0.2) is 9.97 Å². The molecule has 0 aliphatic carbocycles. The van der Waals surface area contributed by atoms with Crippen LogP contribution in [0, 0.1) is 18.3 Å². The quantitative estimate of drug-likeness (QED) is 0.782. The first-order chi connectivity index (χ1) is 11.9. The molecule has 2 unspecified atom stereocenters. The van der Waals surface area contributed by atoms with E-state index in [9.17, 15) is 14.7 Å². The number of aromatic nitrogens is 2. The number of aryl methyl sites for hydroxylation is 2. The number of hydrogen-bond donors (Lipinski definition) is 1. The van der Waals surface area contributed by atoms with E-state index in [1.54, 1.807) is 11.0 Å². The Kier molecular flexibility index (Phi) is 4.49. The van der Waals surface area contributed by atoms with Gasteiger partial charge in [0, 0.05) is 44.4 Å². The van der Waals surface area contributed by atoms with Crippen molar-refractivity contribution >= 4 is 17.7 Å². The molecule has 0 aromatic carbocycles. The summed E-state index contributed by atoms with van der Waals surface area (Å²) in [7, 11) is 0. The van der Waals surface area contributed by atoms with Crippen LogP contribution in [0.4, 0.5) is 5.82 Å². The normalized spacial score (nSPS) is 25.4. The Balaban J connectivity index is 1.91. The lowest BCUT2D eigenvalue weighted by atomic mass is 9.81. The number of likely N-dealkylation sites (tertiary alicyclic amines) is 1. The number of carbonyl (C=O) groups excluding carboxylic acids is 1. The van der Waals surface area contributed by atoms with Crippen LogP contribution in [0.5, 0.6) is 0 Å².